The molecule has 4 N–H and O–H groups in total. The van der Waals surface area contributed by atoms with Crippen molar-refractivity contribution in [1.29, 1.82) is 0 Å². The molecule has 14 heavy (non-hydrogen) atoms. The van der Waals surface area contributed by atoms with Gasteiger partial charge in [0.2, 0.25) is 0 Å². The molecule has 7 nitrogen and oxygen atoms in total. The van der Waals surface area contributed by atoms with E-state index in [0.29, 0.717) is 0 Å². The van der Waals surface area contributed by atoms with E-state index in [-0.39, 0.29) is 24.9 Å². The largest absolute Gasteiger partial charge is 0.476 e. The highest BCUT2D eigenvalue weighted by Gasteiger charge is 2.13. The highest BCUT2D eigenvalue weighted by Crippen LogP contribution is 2.08. The number of aromatic carboxylic acids is 1. The van der Waals surface area contributed by atoms with E-state index in [4.69, 9.17) is 19.7 Å². The van der Waals surface area contributed by atoms with Crippen LogP contribution in [0.2, 0.25) is 0 Å². The van der Waals surface area contributed by atoms with Gasteiger partial charge in [-0.25, -0.2) is 4.79 Å². The number of aliphatic hydroxyl groups excluding tert-OH is 2. The van der Waals surface area contributed by atoms with Crippen molar-refractivity contribution in [2.75, 3.05) is 18.5 Å². The third-order valence-corrected chi connectivity index (χ3v) is 1.49. The molecule has 7 heteroatoms. The lowest BCUT2D eigenvalue weighted by atomic mass is 10.3. The van der Waals surface area contributed by atoms with Crippen molar-refractivity contribution in [1.82, 2.24) is 4.98 Å². The summed E-state index contributed by atoms with van der Waals surface area (Å²) in [6.07, 6.45) is 0.969. The minimum absolute atomic E-state index is 0.0458. The number of oxazole rings is 1. The van der Waals surface area contributed by atoms with E-state index in [0.717, 1.165) is 6.26 Å². The van der Waals surface area contributed by atoms with Gasteiger partial charge < -0.3 is 25.1 Å². The van der Waals surface area contributed by atoms with Crippen molar-refractivity contribution in [3.63, 3.8) is 0 Å². The first-order valence-corrected chi connectivity index (χ1v) is 3.84. The molecule has 0 spiro atoms. The highest BCUT2D eigenvalue weighted by atomic mass is 16.4. The van der Waals surface area contributed by atoms with Gasteiger partial charge in [0.05, 0.1) is 19.3 Å². The Kier molecular flexibility index (Phi) is 3.43. The fourth-order valence-electron chi connectivity index (χ4n) is 0.762. The highest BCUT2D eigenvalue weighted by molar-refractivity contribution is 5.85. The SMILES string of the molecule is O=C(O)c1coc(NC(CO)CO)n1. The van der Waals surface area contributed by atoms with E-state index in [1.54, 1.807) is 0 Å². The predicted molar refractivity (Wildman–Crippen MR) is 45.0 cm³/mol. The molecule has 0 radical (unpaired) electrons. The number of hydrogen-bond acceptors (Lipinski definition) is 6. The Morgan fingerprint density at radius 3 is 2.64 bits per heavy atom. The van der Waals surface area contributed by atoms with Gasteiger partial charge in [0.1, 0.15) is 6.26 Å². The molecule has 78 valence electrons. The van der Waals surface area contributed by atoms with Crippen molar-refractivity contribution < 1.29 is 24.5 Å². The number of carboxylic acid groups (broad SMARTS) is 1. The maximum absolute atomic E-state index is 10.4. The van der Waals surface area contributed by atoms with Crippen LogP contribution in [0.4, 0.5) is 6.01 Å². The van der Waals surface area contributed by atoms with E-state index in [1.807, 2.05) is 0 Å². The summed E-state index contributed by atoms with van der Waals surface area (Å²) in [5.41, 5.74) is -0.234. The van der Waals surface area contributed by atoms with Gasteiger partial charge in [0.25, 0.3) is 6.01 Å². The average Bonchev–Trinajstić information content (AvgIpc) is 2.62. The molecule has 0 aliphatic carbocycles. The number of nitrogens with zero attached hydrogens (tertiary/aromatic N) is 1. The molecule has 0 bridgehead atoms. The molecule has 1 aromatic heterocycles. The lowest BCUT2D eigenvalue weighted by Gasteiger charge is -2.10. The Hall–Kier alpha value is -1.60. The van der Waals surface area contributed by atoms with Crippen LogP contribution in [-0.2, 0) is 0 Å². The maximum Gasteiger partial charge on any atom is 0.357 e. The lowest BCUT2D eigenvalue weighted by molar-refractivity contribution is 0.0690. The minimum atomic E-state index is -1.20. The van der Waals surface area contributed by atoms with E-state index in [2.05, 4.69) is 10.3 Å². The molecule has 0 aromatic carbocycles. The summed E-state index contributed by atoms with van der Waals surface area (Å²) in [5, 5.41) is 28.4. The van der Waals surface area contributed by atoms with E-state index in [9.17, 15) is 4.79 Å². The van der Waals surface area contributed by atoms with Crippen LogP contribution >= 0.6 is 0 Å². The van der Waals surface area contributed by atoms with Crippen molar-refractivity contribution in [3.05, 3.63) is 12.0 Å². The normalized spacial score (nSPS) is 10.5. The summed E-state index contributed by atoms with van der Waals surface area (Å²) in [6, 6.07) is -0.661. The zero-order chi connectivity index (χ0) is 10.6. The molecule has 0 fully saturated rings. The number of anilines is 1. The van der Waals surface area contributed by atoms with E-state index < -0.39 is 12.0 Å². The smallest absolute Gasteiger partial charge is 0.357 e. The van der Waals surface area contributed by atoms with Crippen LogP contribution in [0.15, 0.2) is 10.7 Å². The average molecular weight is 202 g/mol. The lowest BCUT2D eigenvalue weighted by Crippen LogP contribution is -2.27. The van der Waals surface area contributed by atoms with Crippen molar-refractivity contribution >= 4 is 12.0 Å². The van der Waals surface area contributed by atoms with Gasteiger partial charge in [-0.2, -0.15) is 4.98 Å². The first kappa shape index (κ1) is 10.5. The third kappa shape index (κ3) is 2.44. The molecular weight excluding hydrogens is 192 g/mol. The fourth-order valence-corrected chi connectivity index (χ4v) is 0.762. The summed E-state index contributed by atoms with van der Waals surface area (Å²) in [4.78, 5) is 13.9. The molecule has 0 aliphatic rings. The zero-order valence-corrected chi connectivity index (χ0v) is 7.17. The summed E-state index contributed by atoms with van der Waals surface area (Å²) in [6.45, 7) is -0.609. The third-order valence-electron chi connectivity index (χ3n) is 1.49. The Morgan fingerprint density at radius 1 is 1.57 bits per heavy atom. The number of carbonyl (C=O) groups is 1. The Balaban J connectivity index is 2.63. The van der Waals surface area contributed by atoms with Crippen LogP contribution in [0.1, 0.15) is 10.5 Å². The number of nitrogens with one attached hydrogen (secondary N) is 1. The minimum Gasteiger partial charge on any atom is -0.476 e. The van der Waals surface area contributed by atoms with Gasteiger partial charge in [0.15, 0.2) is 5.69 Å². The molecule has 0 amide bonds. The number of hydrogen-bond donors (Lipinski definition) is 4. The summed E-state index contributed by atoms with van der Waals surface area (Å²) >= 11 is 0. The number of aliphatic hydroxyl groups is 2. The molecule has 0 aliphatic heterocycles. The van der Waals surface area contributed by atoms with E-state index in [1.165, 1.54) is 0 Å². The Bertz CT molecular complexity index is 307. The van der Waals surface area contributed by atoms with Crippen LogP contribution < -0.4 is 5.32 Å². The fraction of sp³-hybridized carbons (Fsp3) is 0.429. The van der Waals surface area contributed by atoms with Crippen LogP contribution in [0.5, 0.6) is 0 Å². The molecule has 1 heterocycles. The van der Waals surface area contributed by atoms with Gasteiger partial charge in [-0.15, -0.1) is 0 Å². The summed E-state index contributed by atoms with van der Waals surface area (Å²) < 4.78 is 4.73. The Morgan fingerprint density at radius 2 is 2.21 bits per heavy atom. The standard InChI is InChI=1S/C7H10N2O5/c10-1-4(2-11)8-7-9-5(3-14-7)6(12)13/h3-4,10-11H,1-2H2,(H,8,9)(H,12,13). The molecule has 0 unspecified atom stereocenters. The quantitative estimate of drug-likeness (QED) is 0.490. The Labute approximate surface area is 79.0 Å². The van der Waals surface area contributed by atoms with Gasteiger partial charge >= 0.3 is 5.97 Å². The van der Waals surface area contributed by atoms with Crippen LogP contribution in [0.3, 0.4) is 0 Å². The van der Waals surface area contributed by atoms with Gasteiger partial charge in [-0.05, 0) is 0 Å². The molecular formula is C7H10N2O5. The van der Waals surface area contributed by atoms with Crippen LogP contribution in [0.25, 0.3) is 0 Å². The first-order valence-electron chi connectivity index (χ1n) is 3.84. The van der Waals surface area contributed by atoms with Gasteiger partial charge in [-0.1, -0.05) is 0 Å². The monoisotopic (exact) mass is 202 g/mol. The first-order chi connectivity index (χ1) is 6.67. The van der Waals surface area contributed by atoms with E-state index >= 15 is 0 Å². The van der Waals surface area contributed by atoms with Gasteiger partial charge in [0, 0.05) is 0 Å². The predicted octanol–water partition coefficient (Wildman–Crippen LogP) is -0.862. The van der Waals surface area contributed by atoms with Crippen molar-refractivity contribution in [2.45, 2.75) is 6.04 Å². The molecule has 1 rings (SSSR count). The molecule has 0 saturated carbocycles. The molecule has 0 saturated heterocycles. The summed E-state index contributed by atoms with van der Waals surface area (Å²) in [7, 11) is 0. The zero-order valence-electron chi connectivity index (χ0n) is 7.17. The van der Waals surface area contributed by atoms with Gasteiger partial charge in [-0.3, -0.25) is 0 Å². The number of aromatic nitrogens is 1. The second kappa shape index (κ2) is 4.58. The number of rotatable bonds is 5. The topological polar surface area (TPSA) is 116 Å². The van der Waals surface area contributed by atoms with Crippen LogP contribution in [0, 0.1) is 0 Å². The van der Waals surface area contributed by atoms with Crippen molar-refractivity contribution in [2.24, 2.45) is 0 Å². The molecule has 0 atom stereocenters. The second-order valence-corrected chi connectivity index (χ2v) is 2.55. The molecule has 1 aromatic rings. The van der Waals surface area contributed by atoms with Crippen molar-refractivity contribution in [3.8, 4) is 0 Å². The second-order valence-electron chi connectivity index (χ2n) is 2.55. The maximum atomic E-state index is 10.4. The number of carboxylic acids is 1. The summed E-state index contributed by atoms with van der Waals surface area (Å²) in [5.74, 6) is -1.20. The van der Waals surface area contributed by atoms with Crippen LogP contribution in [-0.4, -0.2) is 45.5 Å².